The Kier molecular flexibility index (Phi) is 2.79. The van der Waals surface area contributed by atoms with Crippen LogP contribution in [0.2, 0.25) is 0 Å². The van der Waals surface area contributed by atoms with E-state index in [0.717, 1.165) is 0 Å². The minimum atomic E-state index is -0.403. The average molecular weight is 258 g/mol. The number of hydrogen-bond acceptors (Lipinski definition) is 4. The molecule has 1 fully saturated rings. The molecule has 0 spiro atoms. The molecular formula is C9H8BrNO3. The van der Waals surface area contributed by atoms with E-state index in [0.29, 0.717) is 23.5 Å². The summed E-state index contributed by atoms with van der Waals surface area (Å²) < 4.78 is 10.6. The number of rotatable bonds is 2. The number of nitrogens with zero attached hydrogens (tertiary/aromatic N) is 1. The van der Waals surface area contributed by atoms with Gasteiger partial charge in [-0.15, -0.1) is 0 Å². The summed E-state index contributed by atoms with van der Waals surface area (Å²) in [6.07, 6.45) is -0.108. The van der Waals surface area contributed by atoms with Gasteiger partial charge < -0.3 is 9.47 Å². The van der Waals surface area contributed by atoms with Gasteiger partial charge in [-0.05, 0) is 28.1 Å². The van der Waals surface area contributed by atoms with Crippen LogP contribution in [0.25, 0.3) is 0 Å². The van der Waals surface area contributed by atoms with E-state index in [9.17, 15) is 4.79 Å². The molecule has 2 heterocycles. The molecule has 1 aliphatic rings. The molecular weight excluding hydrogens is 250 g/mol. The van der Waals surface area contributed by atoms with Gasteiger partial charge >= 0.3 is 5.97 Å². The van der Waals surface area contributed by atoms with Crippen molar-refractivity contribution in [3.05, 3.63) is 28.5 Å². The van der Waals surface area contributed by atoms with E-state index in [1.54, 1.807) is 18.2 Å². The van der Waals surface area contributed by atoms with E-state index in [1.165, 1.54) is 0 Å². The van der Waals surface area contributed by atoms with Crippen molar-refractivity contribution in [1.82, 2.24) is 4.98 Å². The topological polar surface area (TPSA) is 48.4 Å². The third-order valence-corrected chi connectivity index (χ3v) is 2.25. The molecule has 0 aliphatic carbocycles. The van der Waals surface area contributed by atoms with Crippen molar-refractivity contribution in [1.29, 1.82) is 0 Å². The maximum absolute atomic E-state index is 11.4. The number of hydrogen-bond donors (Lipinski definition) is 0. The third kappa shape index (κ3) is 2.10. The van der Waals surface area contributed by atoms with Gasteiger partial charge in [0.05, 0.1) is 13.2 Å². The Morgan fingerprint density at radius 1 is 1.57 bits per heavy atom. The highest BCUT2D eigenvalue weighted by atomic mass is 79.9. The highest BCUT2D eigenvalue weighted by Crippen LogP contribution is 2.11. The molecule has 1 aliphatic heterocycles. The van der Waals surface area contributed by atoms with Crippen LogP contribution in [0.3, 0.4) is 0 Å². The number of carbonyl (C=O) groups is 1. The van der Waals surface area contributed by atoms with Gasteiger partial charge in [0.1, 0.15) is 16.4 Å². The third-order valence-electron chi connectivity index (χ3n) is 1.81. The van der Waals surface area contributed by atoms with Gasteiger partial charge in [-0.25, -0.2) is 9.78 Å². The van der Waals surface area contributed by atoms with Crippen LogP contribution in [-0.2, 0) is 9.47 Å². The fourth-order valence-corrected chi connectivity index (χ4v) is 1.36. The second kappa shape index (κ2) is 4.06. The van der Waals surface area contributed by atoms with Gasteiger partial charge in [-0.1, -0.05) is 6.07 Å². The Balaban J connectivity index is 2.02. The molecule has 0 saturated carbocycles. The first-order valence-corrected chi connectivity index (χ1v) is 4.96. The van der Waals surface area contributed by atoms with E-state index < -0.39 is 5.97 Å². The lowest BCUT2D eigenvalue weighted by Crippen LogP contribution is -2.37. The molecule has 4 nitrogen and oxygen atoms in total. The van der Waals surface area contributed by atoms with Crippen LogP contribution in [0.15, 0.2) is 22.8 Å². The first-order valence-electron chi connectivity index (χ1n) is 4.17. The number of pyridine rings is 1. The summed E-state index contributed by atoms with van der Waals surface area (Å²) in [6, 6.07) is 5.11. The minimum Gasteiger partial charge on any atom is -0.453 e. The van der Waals surface area contributed by atoms with E-state index in [-0.39, 0.29) is 6.10 Å². The van der Waals surface area contributed by atoms with Crippen molar-refractivity contribution < 1.29 is 14.3 Å². The van der Waals surface area contributed by atoms with Crippen molar-refractivity contribution in [3.8, 4) is 0 Å². The molecule has 0 atom stereocenters. The lowest BCUT2D eigenvalue weighted by Gasteiger charge is -2.25. The van der Waals surface area contributed by atoms with Crippen molar-refractivity contribution in [2.75, 3.05) is 13.2 Å². The zero-order valence-corrected chi connectivity index (χ0v) is 8.86. The van der Waals surface area contributed by atoms with Gasteiger partial charge in [0.15, 0.2) is 0 Å². The van der Waals surface area contributed by atoms with Crippen LogP contribution >= 0.6 is 15.9 Å². The van der Waals surface area contributed by atoms with Crippen LogP contribution in [-0.4, -0.2) is 30.3 Å². The minimum absolute atomic E-state index is 0.108. The number of carbonyl (C=O) groups excluding carboxylic acids is 1. The van der Waals surface area contributed by atoms with Crippen molar-refractivity contribution in [2.24, 2.45) is 0 Å². The SMILES string of the molecule is O=C(OC1COC1)c1cccc(Br)n1. The summed E-state index contributed by atoms with van der Waals surface area (Å²) in [7, 11) is 0. The van der Waals surface area contributed by atoms with E-state index >= 15 is 0 Å². The van der Waals surface area contributed by atoms with Crippen LogP contribution in [0, 0.1) is 0 Å². The Bertz CT molecular complexity index is 352. The first kappa shape index (κ1) is 9.61. The quantitative estimate of drug-likeness (QED) is 0.594. The summed E-state index contributed by atoms with van der Waals surface area (Å²) in [5.74, 6) is -0.403. The smallest absolute Gasteiger partial charge is 0.357 e. The standard InChI is InChI=1S/C9H8BrNO3/c10-8-3-1-2-7(11-8)9(12)14-6-4-13-5-6/h1-3,6H,4-5H2. The molecule has 1 aromatic rings. The molecule has 0 bridgehead atoms. The Labute approximate surface area is 89.4 Å². The predicted molar refractivity (Wildman–Crippen MR) is 52.0 cm³/mol. The van der Waals surface area contributed by atoms with Gasteiger partial charge in [0, 0.05) is 0 Å². The molecule has 1 saturated heterocycles. The van der Waals surface area contributed by atoms with Crippen molar-refractivity contribution in [3.63, 3.8) is 0 Å². The summed E-state index contributed by atoms with van der Waals surface area (Å²) >= 11 is 3.18. The molecule has 14 heavy (non-hydrogen) atoms. The van der Waals surface area contributed by atoms with E-state index in [4.69, 9.17) is 9.47 Å². The van der Waals surface area contributed by atoms with E-state index in [2.05, 4.69) is 20.9 Å². The first-order chi connectivity index (χ1) is 6.75. The van der Waals surface area contributed by atoms with Crippen molar-refractivity contribution >= 4 is 21.9 Å². The molecule has 0 N–H and O–H groups in total. The van der Waals surface area contributed by atoms with Crippen molar-refractivity contribution in [2.45, 2.75) is 6.10 Å². The summed E-state index contributed by atoms with van der Waals surface area (Å²) in [5, 5.41) is 0. The largest absolute Gasteiger partial charge is 0.453 e. The Morgan fingerprint density at radius 3 is 2.93 bits per heavy atom. The van der Waals surface area contributed by atoms with Gasteiger partial charge in [-0.2, -0.15) is 0 Å². The summed E-state index contributed by atoms with van der Waals surface area (Å²) in [5.41, 5.74) is 0.311. The molecule has 74 valence electrons. The fourth-order valence-electron chi connectivity index (χ4n) is 1.02. The fraction of sp³-hybridized carbons (Fsp3) is 0.333. The van der Waals surface area contributed by atoms with Crippen LogP contribution in [0.1, 0.15) is 10.5 Å². The monoisotopic (exact) mass is 257 g/mol. The van der Waals surface area contributed by atoms with Crippen LogP contribution < -0.4 is 0 Å². The average Bonchev–Trinajstić information content (AvgIpc) is 2.11. The maximum atomic E-state index is 11.4. The van der Waals surface area contributed by atoms with Gasteiger partial charge in [0.2, 0.25) is 0 Å². The summed E-state index contributed by atoms with van der Waals surface area (Å²) in [6.45, 7) is 0.972. The number of esters is 1. The molecule has 2 rings (SSSR count). The molecule has 0 unspecified atom stereocenters. The van der Waals surface area contributed by atoms with Gasteiger partial charge in [-0.3, -0.25) is 0 Å². The lowest BCUT2D eigenvalue weighted by atomic mass is 10.3. The normalized spacial score (nSPS) is 16.1. The van der Waals surface area contributed by atoms with Crippen LogP contribution in [0.4, 0.5) is 0 Å². The highest BCUT2D eigenvalue weighted by molar-refractivity contribution is 9.10. The maximum Gasteiger partial charge on any atom is 0.357 e. The molecule has 0 radical (unpaired) electrons. The zero-order chi connectivity index (χ0) is 9.97. The predicted octanol–water partition coefficient (Wildman–Crippen LogP) is 1.40. The Hall–Kier alpha value is -0.940. The van der Waals surface area contributed by atoms with E-state index in [1.807, 2.05) is 0 Å². The zero-order valence-electron chi connectivity index (χ0n) is 7.27. The summed E-state index contributed by atoms with van der Waals surface area (Å²) in [4.78, 5) is 15.4. The van der Waals surface area contributed by atoms with Crippen LogP contribution in [0.5, 0.6) is 0 Å². The number of ether oxygens (including phenoxy) is 2. The van der Waals surface area contributed by atoms with Gasteiger partial charge in [0.25, 0.3) is 0 Å². The molecule has 0 aromatic carbocycles. The molecule has 1 aromatic heterocycles. The number of halogens is 1. The molecule has 5 heteroatoms. The molecule has 0 amide bonds. The highest BCUT2D eigenvalue weighted by Gasteiger charge is 2.23. The number of aromatic nitrogens is 1. The lowest BCUT2D eigenvalue weighted by molar-refractivity contribution is -0.103. The second-order valence-electron chi connectivity index (χ2n) is 2.91. The Morgan fingerprint density at radius 2 is 2.36 bits per heavy atom. The second-order valence-corrected chi connectivity index (χ2v) is 3.72.